The lowest BCUT2D eigenvalue weighted by Crippen LogP contribution is -2.44. The minimum atomic E-state index is -3.50. The highest BCUT2D eigenvalue weighted by atomic mass is 32.2. The molecule has 8 heteroatoms. The molecule has 1 fully saturated rings. The van der Waals surface area contributed by atoms with Crippen molar-refractivity contribution in [3.05, 3.63) is 11.4 Å². The van der Waals surface area contributed by atoms with Crippen LogP contribution < -0.4 is 10.0 Å². The standard InChI is InChI=1S/C16H31N5O2S/c1-13(2)12-21-15(4)16(14(3)19-21)24(22,23)18-6-5-9-20-10-7-17-8-11-20/h13,17-18H,5-12H2,1-4H3. The van der Waals surface area contributed by atoms with Crippen LogP contribution in [0.5, 0.6) is 0 Å². The van der Waals surface area contributed by atoms with Gasteiger partial charge >= 0.3 is 0 Å². The Balaban J connectivity index is 1.93. The summed E-state index contributed by atoms with van der Waals surface area (Å²) in [6, 6.07) is 0. The fourth-order valence-electron chi connectivity index (χ4n) is 3.11. The van der Waals surface area contributed by atoms with Crippen LogP contribution in [0.4, 0.5) is 0 Å². The van der Waals surface area contributed by atoms with E-state index in [9.17, 15) is 8.42 Å². The fraction of sp³-hybridized carbons (Fsp3) is 0.812. The molecule has 1 aliphatic heterocycles. The molecule has 0 spiro atoms. The first-order valence-electron chi connectivity index (χ1n) is 8.78. The molecule has 7 nitrogen and oxygen atoms in total. The molecular formula is C16H31N5O2S. The monoisotopic (exact) mass is 357 g/mol. The Hall–Kier alpha value is -0.960. The van der Waals surface area contributed by atoms with E-state index in [1.54, 1.807) is 11.6 Å². The van der Waals surface area contributed by atoms with Gasteiger partial charge in [-0.1, -0.05) is 13.8 Å². The summed E-state index contributed by atoms with van der Waals surface area (Å²) in [6.07, 6.45) is 0.817. The van der Waals surface area contributed by atoms with Crippen molar-refractivity contribution < 1.29 is 8.42 Å². The van der Waals surface area contributed by atoms with Crippen LogP contribution in [-0.2, 0) is 16.6 Å². The van der Waals surface area contributed by atoms with Gasteiger partial charge in [0.05, 0.1) is 11.4 Å². The summed E-state index contributed by atoms with van der Waals surface area (Å²) >= 11 is 0. The van der Waals surface area contributed by atoms with Gasteiger partial charge in [-0.15, -0.1) is 0 Å². The number of piperazine rings is 1. The quantitative estimate of drug-likeness (QED) is 0.671. The second-order valence-corrected chi connectivity index (χ2v) is 8.62. The van der Waals surface area contributed by atoms with Gasteiger partial charge in [-0.3, -0.25) is 4.68 Å². The summed E-state index contributed by atoms with van der Waals surface area (Å²) in [5, 5.41) is 7.72. The van der Waals surface area contributed by atoms with Crippen LogP contribution in [0.1, 0.15) is 31.7 Å². The lowest BCUT2D eigenvalue weighted by atomic mass is 10.2. The number of rotatable bonds is 8. The lowest BCUT2D eigenvalue weighted by Gasteiger charge is -2.27. The summed E-state index contributed by atoms with van der Waals surface area (Å²) in [7, 11) is -3.50. The van der Waals surface area contributed by atoms with E-state index in [4.69, 9.17) is 0 Å². The smallest absolute Gasteiger partial charge is 0.244 e. The summed E-state index contributed by atoms with van der Waals surface area (Å²) in [5.74, 6) is 0.422. The molecule has 1 aromatic heterocycles. The van der Waals surface area contributed by atoms with Gasteiger partial charge in [-0.25, -0.2) is 13.1 Å². The number of sulfonamides is 1. The lowest BCUT2D eigenvalue weighted by molar-refractivity contribution is 0.239. The third-order valence-corrected chi connectivity index (χ3v) is 5.99. The van der Waals surface area contributed by atoms with E-state index in [1.807, 2.05) is 6.92 Å². The van der Waals surface area contributed by atoms with Gasteiger partial charge < -0.3 is 10.2 Å². The van der Waals surface area contributed by atoms with Crippen LogP contribution in [-0.4, -0.2) is 62.4 Å². The Morgan fingerprint density at radius 3 is 2.54 bits per heavy atom. The van der Waals surface area contributed by atoms with E-state index in [-0.39, 0.29) is 0 Å². The molecule has 0 saturated carbocycles. The Morgan fingerprint density at radius 2 is 1.92 bits per heavy atom. The average Bonchev–Trinajstić information content (AvgIpc) is 2.79. The van der Waals surface area contributed by atoms with Gasteiger partial charge in [0.15, 0.2) is 0 Å². The highest BCUT2D eigenvalue weighted by Crippen LogP contribution is 2.20. The highest BCUT2D eigenvalue weighted by molar-refractivity contribution is 7.89. The van der Waals surface area contributed by atoms with E-state index in [0.717, 1.165) is 51.4 Å². The normalized spacial score (nSPS) is 16.9. The molecular weight excluding hydrogens is 326 g/mol. The molecule has 0 bridgehead atoms. The largest absolute Gasteiger partial charge is 0.314 e. The molecule has 24 heavy (non-hydrogen) atoms. The first-order valence-corrected chi connectivity index (χ1v) is 10.3. The number of hydrogen-bond donors (Lipinski definition) is 2. The molecule has 0 amide bonds. The second kappa shape index (κ2) is 8.42. The number of nitrogens with zero attached hydrogens (tertiary/aromatic N) is 3. The predicted molar refractivity (Wildman–Crippen MR) is 95.7 cm³/mol. The molecule has 138 valence electrons. The van der Waals surface area contributed by atoms with Crippen LogP contribution in [0.2, 0.25) is 0 Å². The zero-order valence-electron chi connectivity index (χ0n) is 15.3. The van der Waals surface area contributed by atoms with Gasteiger partial charge in [-0.05, 0) is 32.7 Å². The molecule has 0 aliphatic carbocycles. The molecule has 1 aromatic rings. The Morgan fingerprint density at radius 1 is 1.25 bits per heavy atom. The minimum absolute atomic E-state index is 0.338. The van der Waals surface area contributed by atoms with Crippen molar-refractivity contribution in [3.8, 4) is 0 Å². The maximum atomic E-state index is 12.6. The molecule has 1 aliphatic rings. The molecule has 0 aromatic carbocycles. The first kappa shape index (κ1) is 19.4. The first-order chi connectivity index (χ1) is 11.3. The highest BCUT2D eigenvalue weighted by Gasteiger charge is 2.24. The Kier molecular flexibility index (Phi) is 6.79. The maximum absolute atomic E-state index is 12.6. The van der Waals surface area contributed by atoms with Crippen molar-refractivity contribution in [2.24, 2.45) is 5.92 Å². The summed E-state index contributed by atoms with van der Waals surface area (Å²) in [5.41, 5.74) is 1.29. The van der Waals surface area contributed by atoms with Crippen LogP contribution in [0, 0.1) is 19.8 Å². The van der Waals surface area contributed by atoms with Gasteiger partial charge in [-0.2, -0.15) is 5.10 Å². The summed E-state index contributed by atoms with van der Waals surface area (Å²) < 4.78 is 29.8. The molecule has 2 rings (SSSR count). The van der Waals surface area contributed by atoms with Crippen LogP contribution in [0.25, 0.3) is 0 Å². The molecule has 2 heterocycles. The van der Waals surface area contributed by atoms with Crippen molar-refractivity contribution in [2.45, 2.75) is 45.6 Å². The van der Waals surface area contributed by atoms with Gasteiger partial charge in [0.1, 0.15) is 4.90 Å². The number of aryl methyl sites for hydroxylation is 1. The van der Waals surface area contributed by atoms with E-state index in [2.05, 4.69) is 33.9 Å². The van der Waals surface area contributed by atoms with E-state index in [1.165, 1.54) is 0 Å². The molecule has 1 saturated heterocycles. The molecule has 0 atom stereocenters. The van der Waals surface area contributed by atoms with Crippen LogP contribution in [0.15, 0.2) is 4.90 Å². The van der Waals surface area contributed by atoms with E-state index >= 15 is 0 Å². The number of nitrogens with one attached hydrogen (secondary N) is 2. The van der Waals surface area contributed by atoms with Gasteiger partial charge in [0, 0.05) is 39.3 Å². The minimum Gasteiger partial charge on any atom is -0.314 e. The molecule has 2 N–H and O–H groups in total. The van der Waals surface area contributed by atoms with Crippen molar-refractivity contribution >= 4 is 10.0 Å². The third kappa shape index (κ3) is 5.02. The van der Waals surface area contributed by atoms with Crippen molar-refractivity contribution in [3.63, 3.8) is 0 Å². The zero-order valence-corrected chi connectivity index (χ0v) is 16.1. The van der Waals surface area contributed by atoms with Crippen molar-refractivity contribution in [1.29, 1.82) is 0 Å². The molecule has 0 unspecified atom stereocenters. The van der Waals surface area contributed by atoms with Crippen LogP contribution >= 0.6 is 0 Å². The fourth-order valence-corrected chi connectivity index (χ4v) is 4.59. The topological polar surface area (TPSA) is 79.3 Å². The van der Waals surface area contributed by atoms with E-state index in [0.29, 0.717) is 23.1 Å². The third-order valence-electron chi connectivity index (χ3n) is 4.27. The second-order valence-electron chi connectivity index (χ2n) is 6.92. The predicted octanol–water partition coefficient (Wildman–Crippen LogP) is 0.730. The SMILES string of the molecule is Cc1nn(CC(C)C)c(C)c1S(=O)(=O)NCCCN1CCNCC1. The molecule has 0 radical (unpaired) electrons. The van der Waals surface area contributed by atoms with Gasteiger partial charge in [0.25, 0.3) is 0 Å². The van der Waals surface area contributed by atoms with E-state index < -0.39 is 10.0 Å². The average molecular weight is 358 g/mol. The summed E-state index contributed by atoms with van der Waals surface area (Å²) in [4.78, 5) is 2.70. The number of aromatic nitrogens is 2. The Bertz CT molecular complexity index is 633. The summed E-state index contributed by atoms with van der Waals surface area (Å²) in [6.45, 7) is 14.0. The Labute approximate surface area is 145 Å². The zero-order chi connectivity index (χ0) is 17.7. The van der Waals surface area contributed by atoms with Crippen LogP contribution in [0.3, 0.4) is 0 Å². The maximum Gasteiger partial charge on any atom is 0.244 e. The van der Waals surface area contributed by atoms with Gasteiger partial charge in [0.2, 0.25) is 10.0 Å². The van der Waals surface area contributed by atoms with Crippen molar-refractivity contribution in [1.82, 2.24) is 24.7 Å². The number of hydrogen-bond acceptors (Lipinski definition) is 5. The van der Waals surface area contributed by atoms with Crippen molar-refractivity contribution in [2.75, 3.05) is 39.3 Å².